The first-order chi connectivity index (χ1) is 15.9. The number of aliphatic hydroxyl groups excluding tert-OH is 1. The first kappa shape index (κ1) is 24.0. The van der Waals surface area contributed by atoms with E-state index in [0.29, 0.717) is 52.4 Å². The van der Waals surface area contributed by atoms with Gasteiger partial charge in [0, 0.05) is 36.8 Å². The van der Waals surface area contributed by atoms with Crippen LogP contribution in [0, 0.1) is 0 Å². The molecule has 0 radical (unpaired) electrons. The Kier molecular flexibility index (Phi) is 7.62. The van der Waals surface area contributed by atoms with Gasteiger partial charge in [0.25, 0.3) is 11.7 Å². The third-order valence-electron chi connectivity index (χ3n) is 5.89. The van der Waals surface area contributed by atoms with Crippen molar-refractivity contribution in [1.29, 1.82) is 0 Å². The molecule has 0 saturated carbocycles. The predicted octanol–water partition coefficient (Wildman–Crippen LogP) is 4.79. The Hall–Kier alpha value is -2.09. The third-order valence-corrected chi connectivity index (χ3v) is 6.89. The van der Waals surface area contributed by atoms with Crippen LogP contribution in [0.5, 0.6) is 0 Å². The molecule has 1 atom stereocenters. The van der Waals surface area contributed by atoms with E-state index in [-0.39, 0.29) is 11.3 Å². The Morgan fingerprint density at radius 1 is 0.970 bits per heavy atom. The van der Waals surface area contributed by atoms with Crippen LogP contribution in [-0.2, 0) is 14.3 Å². The predicted molar refractivity (Wildman–Crippen MR) is 129 cm³/mol. The van der Waals surface area contributed by atoms with Crippen molar-refractivity contribution >= 4 is 52.3 Å². The Labute approximate surface area is 207 Å². The number of benzene rings is 2. The lowest BCUT2D eigenvalue weighted by Gasteiger charge is -2.29. The van der Waals surface area contributed by atoms with Crippen molar-refractivity contribution in [2.75, 3.05) is 39.4 Å². The van der Waals surface area contributed by atoms with Gasteiger partial charge in [-0.25, -0.2) is 0 Å². The van der Waals surface area contributed by atoms with Crippen molar-refractivity contribution in [1.82, 2.24) is 9.80 Å². The topological polar surface area (TPSA) is 70.1 Å². The fourth-order valence-electron chi connectivity index (χ4n) is 4.19. The number of amides is 1. The first-order valence-corrected chi connectivity index (χ1v) is 11.8. The monoisotopic (exact) mass is 508 g/mol. The van der Waals surface area contributed by atoms with Crippen molar-refractivity contribution in [2.45, 2.75) is 12.5 Å². The second kappa shape index (κ2) is 10.5. The zero-order valence-electron chi connectivity index (χ0n) is 17.8. The minimum atomic E-state index is -0.778. The molecule has 0 aliphatic carbocycles. The molecule has 2 aliphatic rings. The fraction of sp³-hybridized carbons (Fsp3) is 0.333. The highest BCUT2D eigenvalue weighted by atomic mass is 35.5. The number of rotatable bonds is 6. The van der Waals surface area contributed by atoms with Crippen LogP contribution < -0.4 is 0 Å². The second-order valence-electron chi connectivity index (χ2n) is 7.98. The van der Waals surface area contributed by atoms with Crippen LogP contribution in [0.3, 0.4) is 0 Å². The zero-order chi connectivity index (χ0) is 23.5. The Morgan fingerprint density at radius 3 is 2.33 bits per heavy atom. The molecule has 2 aromatic rings. The number of hydrogen-bond donors (Lipinski definition) is 1. The molecule has 0 spiro atoms. The summed E-state index contributed by atoms with van der Waals surface area (Å²) in [5.41, 5.74) is 1.02. The number of nitrogens with zero attached hydrogens (tertiary/aromatic N) is 2. The molecule has 0 bridgehead atoms. The number of likely N-dealkylation sites (tertiary alicyclic amines) is 1. The maximum absolute atomic E-state index is 13.1. The summed E-state index contributed by atoms with van der Waals surface area (Å²) in [7, 11) is 0. The molecule has 4 rings (SSSR count). The van der Waals surface area contributed by atoms with Gasteiger partial charge in [0.05, 0.1) is 34.9 Å². The Balaban J connectivity index is 1.69. The van der Waals surface area contributed by atoms with E-state index in [1.807, 2.05) is 0 Å². The van der Waals surface area contributed by atoms with Gasteiger partial charge in [0.1, 0.15) is 5.76 Å². The molecule has 174 valence electrons. The normalized spacial score (nSPS) is 21.1. The molecule has 33 heavy (non-hydrogen) atoms. The molecule has 9 heteroatoms. The van der Waals surface area contributed by atoms with Gasteiger partial charge in [-0.15, -0.1) is 0 Å². The maximum Gasteiger partial charge on any atom is 0.295 e. The van der Waals surface area contributed by atoms with Gasteiger partial charge < -0.3 is 14.7 Å². The molecule has 2 aliphatic heterocycles. The lowest BCUT2D eigenvalue weighted by molar-refractivity contribution is -0.140. The quantitative estimate of drug-likeness (QED) is 0.344. The van der Waals surface area contributed by atoms with Crippen LogP contribution in [0.25, 0.3) is 5.76 Å². The number of halogens is 3. The van der Waals surface area contributed by atoms with Crippen LogP contribution in [0.4, 0.5) is 0 Å². The summed E-state index contributed by atoms with van der Waals surface area (Å²) in [5.74, 6) is -1.63. The van der Waals surface area contributed by atoms with E-state index in [0.717, 1.165) is 19.6 Å². The number of ketones is 1. The molecule has 0 unspecified atom stereocenters. The Morgan fingerprint density at radius 2 is 1.67 bits per heavy atom. The van der Waals surface area contributed by atoms with Crippen molar-refractivity contribution in [2.24, 2.45) is 0 Å². The highest BCUT2D eigenvalue weighted by Gasteiger charge is 2.46. The molecule has 6 nitrogen and oxygen atoms in total. The van der Waals surface area contributed by atoms with Crippen LogP contribution in [-0.4, -0.2) is 66.0 Å². The lowest BCUT2D eigenvalue weighted by Crippen LogP contribution is -2.38. The van der Waals surface area contributed by atoms with E-state index in [1.165, 1.54) is 4.90 Å². The van der Waals surface area contributed by atoms with Gasteiger partial charge in [-0.3, -0.25) is 14.5 Å². The molecule has 1 N–H and O–H groups in total. The van der Waals surface area contributed by atoms with Gasteiger partial charge in [-0.05, 0) is 48.4 Å². The van der Waals surface area contributed by atoms with Gasteiger partial charge in [0.15, 0.2) is 0 Å². The summed E-state index contributed by atoms with van der Waals surface area (Å²) in [6.45, 7) is 4.18. The van der Waals surface area contributed by atoms with Crippen LogP contribution in [0.15, 0.2) is 48.0 Å². The van der Waals surface area contributed by atoms with Gasteiger partial charge >= 0.3 is 0 Å². The molecule has 2 saturated heterocycles. The summed E-state index contributed by atoms with van der Waals surface area (Å²) in [6, 6.07) is 10.6. The smallest absolute Gasteiger partial charge is 0.295 e. The van der Waals surface area contributed by atoms with Crippen molar-refractivity contribution < 1.29 is 19.4 Å². The first-order valence-electron chi connectivity index (χ1n) is 10.7. The second-order valence-corrected chi connectivity index (χ2v) is 9.23. The summed E-state index contributed by atoms with van der Waals surface area (Å²) < 4.78 is 5.38. The lowest BCUT2D eigenvalue weighted by atomic mass is 9.95. The maximum atomic E-state index is 13.1. The largest absolute Gasteiger partial charge is 0.507 e. The number of morpholine rings is 1. The van der Waals surface area contributed by atoms with E-state index in [1.54, 1.807) is 42.5 Å². The molecular formula is C24H23Cl3N2O4. The number of carbonyl (C=O) groups is 2. The summed E-state index contributed by atoms with van der Waals surface area (Å²) in [4.78, 5) is 29.9. The third kappa shape index (κ3) is 5.20. The molecule has 2 aromatic carbocycles. The van der Waals surface area contributed by atoms with Crippen LogP contribution in [0.1, 0.15) is 23.6 Å². The van der Waals surface area contributed by atoms with Crippen LogP contribution in [0.2, 0.25) is 15.1 Å². The molecule has 0 aromatic heterocycles. The summed E-state index contributed by atoms with van der Waals surface area (Å²) in [6.07, 6.45) is 0.672. The van der Waals surface area contributed by atoms with Crippen molar-refractivity contribution in [3.8, 4) is 0 Å². The number of Topliss-reactive ketones (excluding diaryl/α,β-unsaturated/α-hetero) is 1. The molecule has 1 amide bonds. The standard InChI is InChI=1S/C24H23Cl3N2O4/c25-17-5-2-15(3-6-17)22(30)20-21(16-4-7-18(26)19(27)14-16)29(24(32)23(20)31)9-1-8-28-10-12-33-13-11-28/h2-7,14,21,30H,1,8-13H2/t21-/m0/s1. The number of aliphatic hydroxyl groups is 1. The van der Waals surface area contributed by atoms with E-state index in [2.05, 4.69) is 4.90 Å². The molecule has 2 fully saturated rings. The van der Waals surface area contributed by atoms with E-state index < -0.39 is 17.7 Å². The van der Waals surface area contributed by atoms with E-state index in [4.69, 9.17) is 39.5 Å². The minimum absolute atomic E-state index is 0.0204. The van der Waals surface area contributed by atoms with Crippen molar-refractivity contribution in [3.63, 3.8) is 0 Å². The van der Waals surface area contributed by atoms with Crippen LogP contribution >= 0.6 is 34.8 Å². The average molecular weight is 510 g/mol. The fourth-order valence-corrected chi connectivity index (χ4v) is 4.62. The number of carbonyl (C=O) groups excluding carboxylic acids is 2. The number of ether oxygens (including phenoxy) is 1. The van der Waals surface area contributed by atoms with Crippen molar-refractivity contribution in [3.05, 3.63) is 74.2 Å². The minimum Gasteiger partial charge on any atom is -0.507 e. The summed E-state index contributed by atoms with van der Waals surface area (Å²) >= 11 is 18.3. The zero-order valence-corrected chi connectivity index (χ0v) is 20.0. The van der Waals surface area contributed by atoms with Gasteiger partial charge in [-0.2, -0.15) is 0 Å². The molecular weight excluding hydrogens is 487 g/mol. The highest BCUT2D eigenvalue weighted by molar-refractivity contribution is 6.47. The highest BCUT2D eigenvalue weighted by Crippen LogP contribution is 2.41. The number of hydrogen-bond acceptors (Lipinski definition) is 5. The SMILES string of the molecule is O=C1C(=O)N(CCCN2CCOCC2)[C@@H](c2ccc(Cl)c(Cl)c2)C1=C(O)c1ccc(Cl)cc1. The van der Waals surface area contributed by atoms with E-state index in [9.17, 15) is 14.7 Å². The van der Waals surface area contributed by atoms with Gasteiger partial charge in [0.2, 0.25) is 0 Å². The average Bonchev–Trinajstić information content (AvgIpc) is 3.06. The van der Waals surface area contributed by atoms with E-state index >= 15 is 0 Å². The van der Waals surface area contributed by atoms with Gasteiger partial charge in [-0.1, -0.05) is 40.9 Å². The Bertz CT molecular complexity index is 1080. The summed E-state index contributed by atoms with van der Waals surface area (Å²) in [5, 5.41) is 12.2. The molecule has 2 heterocycles.